The van der Waals surface area contributed by atoms with Crippen LogP contribution in [0.5, 0.6) is 0 Å². The quantitative estimate of drug-likeness (QED) is 0.704. The third-order valence-corrected chi connectivity index (χ3v) is 5.32. The number of morpholine rings is 1. The van der Waals surface area contributed by atoms with Crippen LogP contribution < -0.4 is 0 Å². The molecule has 0 radical (unpaired) electrons. The number of pyridine rings is 1. The Kier molecular flexibility index (Phi) is 4.87. The summed E-state index contributed by atoms with van der Waals surface area (Å²) in [6.45, 7) is 5.57. The molecule has 0 saturated carbocycles. The fourth-order valence-corrected chi connectivity index (χ4v) is 3.78. The molecule has 1 aliphatic rings. The van der Waals surface area contributed by atoms with Crippen molar-refractivity contribution < 1.29 is 4.74 Å². The molecule has 3 aromatic rings. The molecule has 6 nitrogen and oxygen atoms in total. The highest BCUT2D eigenvalue weighted by atomic mass is 32.1. The minimum atomic E-state index is 0.175. The van der Waals surface area contributed by atoms with E-state index in [0.29, 0.717) is 0 Å². The van der Waals surface area contributed by atoms with Crippen LogP contribution in [0.1, 0.15) is 29.5 Å². The van der Waals surface area contributed by atoms with Gasteiger partial charge in [0.2, 0.25) is 0 Å². The molecule has 7 heteroatoms. The maximum Gasteiger partial charge on any atom is 0.156 e. The Morgan fingerprint density at radius 3 is 2.84 bits per heavy atom. The summed E-state index contributed by atoms with van der Waals surface area (Å²) < 4.78 is 7.42. The van der Waals surface area contributed by atoms with Crippen LogP contribution >= 0.6 is 11.3 Å². The lowest BCUT2D eigenvalue weighted by Gasteiger charge is -2.31. The largest absolute Gasteiger partial charge is 0.379 e. The smallest absolute Gasteiger partial charge is 0.156 e. The summed E-state index contributed by atoms with van der Waals surface area (Å²) in [5, 5.41) is 6.87. The molecule has 4 heterocycles. The van der Waals surface area contributed by atoms with E-state index in [1.54, 1.807) is 17.5 Å². The van der Waals surface area contributed by atoms with Crippen LogP contribution in [0.15, 0.2) is 42.0 Å². The van der Waals surface area contributed by atoms with Crippen molar-refractivity contribution in [2.24, 2.45) is 0 Å². The van der Waals surface area contributed by atoms with E-state index in [-0.39, 0.29) is 6.04 Å². The van der Waals surface area contributed by atoms with Crippen molar-refractivity contribution in [3.05, 3.63) is 58.6 Å². The number of rotatable bonds is 5. The maximum absolute atomic E-state index is 5.48. The minimum Gasteiger partial charge on any atom is -0.379 e. The van der Waals surface area contributed by atoms with Crippen molar-refractivity contribution in [3.63, 3.8) is 0 Å². The molecule has 1 atom stereocenters. The number of nitrogens with zero attached hydrogens (tertiary/aromatic N) is 5. The molecular weight excluding hydrogens is 334 g/mol. The summed E-state index contributed by atoms with van der Waals surface area (Å²) in [6.07, 6.45) is 4.37. The van der Waals surface area contributed by atoms with E-state index < -0.39 is 0 Å². The van der Waals surface area contributed by atoms with Crippen LogP contribution in [0.4, 0.5) is 0 Å². The van der Waals surface area contributed by atoms with Gasteiger partial charge in [-0.25, -0.2) is 9.67 Å². The lowest BCUT2D eigenvalue weighted by molar-refractivity contribution is 0.0178. The van der Waals surface area contributed by atoms with Crippen LogP contribution in [-0.4, -0.2) is 51.0 Å². The van der Waals surface area contributed by atoms with Crippen LogP contribution in [0.2, 0.25) is 0 Å². The van der Waals surface area contributed by atoms with E-state index in [2.05, 4.69) is 34.3 Å². The fourth-order valence-electron chi connectivity index (χ4n) is 3.08. The Morgan fingerprint density at radius 1 is 1.24 bits per heavy atom. The van der Waals surface area contributed by atoms with E-state index in [1.165, 1.54) is 4.88 Å². The van der Waals surface area contributed by atoms with E-state index in [4.69, 9.17) is 14.8 Å². The van der Waals surface area contributed by atoms with Crippen molar-refractivity contribution in [2.45, 2.75) is 19.4 Å². The first kappa shape index (κ1) is 16.4. The summed E-state index contributed by atoms with van der Waals surface area (Å²) in [5.74, 6) is 1.81. The van der Waals surface area contributed by atoms with Crippen LogP contribution in [-0.2, 0) is 11.2 Å². The molecule has 3 aromatic heterocycles. The highest BCUT2D eigenvalue weighted by molar-refractivity contribution is 7.09. The molecule has 0 spiro atoms. The third-order valence-electron chi connectivity index (χ3n) is 4.45. The molecule has 0 aromatic carbocycles. The van der Waals surface area contributed by atoms with Crippen LogP contribution in [0, 0.1) is 0 Å². The summed E-state index contributed by atoms with van der Waals surface area (Å²) in [5.41, 5.74) is 0.947. The predicted octanol–water partition coefficient (Wildman–Crippen LogP) is 2.71. The third kappa shape index (κ3) is 3.63. The Bertz CT molecular complexity index is 796. The molecule has 1 fully saturated rings. The van der Waals surface area contributed by atoms with Gasteiger partial charge in [0.1, 0.15) is 5.82 Å². The van der Waals surface area contributed by atoms with Gasteiger partial charge < -0.3 is 4.74 Å². The van der Waals surface area contributed by atoms with Gasteiger partial charge in [0, 0.05) is 30.6 Å². The number of aromatic nitrogens is 4. The van der Waals surface area contributed by atoms with Gasteiger partial charge in [-0.2, -0.15) is 5.10 Å². The molecule has 25 heavy (non-hydrogen) atoms. The highest BCUT2D eigenvalue weighted by Crippen LogP contribution is 2.23. The van der Waals surface area contributed by atoms with Crippen LogP contribution in [0.25, 0.3) is 5.69 Å². The first-order valence-corrected chi connectivity index (χ1v) is 9.39. The standard InChI is InChI=1S/C18H21N5OS/c1-14(22-7-9-24-10-8-22)18-20-17(12-16-5-3-11-25-16)21-23(18)15-4-2-6-19-13-15/h2-6,11,13-14H,7-10,12H2,1H3. The van der Waals surface area contributed by atoms with Gasteiger partial charge in [-0.1, -0.05) is 6.07 Å². The molecule has 0 amide bonds. The van der Waals surface area contributed by atoms with Gasteiger partial charge >= 0.3 is 0 Å². The van der Waals surface area contributed by atoms with Gasteiger partial charge in [0.15, 0.2) is 5.82 Å². The molecule has 0 N–H and O–H groups in total. The van der Waals surface area contributed by atoms with E-state index >= 15 is 0 Å². The average Bonchev–Trinajstić information content (AvgIpc) is 3.33. The predicted molar refractivity (Wildman–Crippen MR) is 97.1 cm³/mol. The Hall–Kier alpha value is -2.09. The van der Waals surface area contributed by atoms with Gasteiger partial charge in [0.05, 0.1) is 31.1 Å². The monoisotopic (exact) mass is 355 g/mol. The molecule has 130 valence electrons. The Morgan fingerprint density at radius 2 is 2.12 bits per heavy atom. The molecule has 1 aliphatic heterocycles. The summed E-state index contributed by atoms with van der Waals surface area (Å²) >= 11 is 1.74. The summed E-state index contributed by atoms with van der Waals surface area (Å²) in [4.78, 5) is 12.8. The zero-order valence-electron chi connectivity index (χ0n) is 14.2. The summed E-state index contributed by atoms with van der Waals surface area (Å²) in [6, 6.07) is 8.31. The zero-order valence-corrected chi connectivity index (χ0v) is 15.0. The lowest BCUT2D eigenvalue weighted by Crippen LogP contribution is -2.38. The molecule has 1 unspecified atom stereocenters. The van der Waals surface area contributed by atoms with Gasteiger partial charge in [-0.15, -0.1) is 11.3 Å². The van der Waals surface area contributed by atoms with Crippen LogP contribution in [0.3, 0.4) is 0 Å². The van der Waals surface area contributed by atoms with E-state index in [0.717, 1.165) is 50.1 Å². The number of hydrogen-bond acceptors (Lipinski definition) is 6. The van der Waals surface area contributed by atoms with Crippen molar-refractivity contribution in [1.29, 1.82) is 0 Å². The minimum absolute atomic E-state index is 0.175. The SMILES string of the molecule is CC(c1nc(Cc2cccs2)nn1-c1cccnc1)N1CCOCC1. The van der Waals surface area contributed by atoms with Gasteiger partial charge in [-0.05, 0) is 30.5 Å². The molecule has 0 bridgehead atoms. The Balaban J connectivity index is 1.68. The van der Waals surface area contributed by atoms with Crippen molar-refractivity contribution in [1.82, 2.24) is 24.6 Å². The first-order valence-electron chi connectivity index (χ1n) is 8.51. The van der Waals surface area contributed by atoms with Crippen molar-refractivity contribution >= 4 is 11.3 Å². The normalized spacial score (nSPS) is 16.8. The molecule has 4 rings (SSSR count). The van der Waals surface area contributed by atoms with E-state index in [9.17, 15) is 0 Å². The van der Waals surface area contributed by atoms with E-state index in [1.807, 2.05) is 23.0 Å². The average molecular weight is 355 g/mol. The number of thiophene rings is 1. The first-order chi connectivity index (χ1) is 12.3. The second-order valence-corrected chi connectivity index (χ2v) is 7.12. The second kappa shape index (κ2) is 7.43. The lowest BCUT2D eigenvalue weighted by atomic mass is 10.2. The molecule has 0 aliphatic carbocycles. The van der Waals surface area contributed by atoms with Crippen molar-refractivity contribution in [3.8, 4) is 5.69 Å². The Labute approximate surface area is 151 Å². The fraction of sp³-hybridized carbons (Fsp3) is 0.389. The van der Waals surface area contributed by atoms with Crippen molar-refractivity contribution in [2.75, 3.05) is 26.3 Å². The van der Waals surface area contributed by atoms with Gasteiger partial charge in [0.25, 0.3) is 0 Å². The molecule has 1 saturated heterocycles. The topological polar surface area (TPSA) is 56.1 Å². The summed E-state index contributed by atoms with van der Waals surface area (Å²) in [7, 11) is 0. The maximum atomic E-state index is 5.48. The zero-order chi connectivity index (χ0) is 17.1. The molecular formula is C18H21N5OS. The number of ether oxygens (including phenoxy) is 1. The number of hydrogen-bond donors (Lipinski definition) is 0. The second-order valence-electron chi connectivity index (χ2n) is 6.09. The highest BCUT2D eigenvalue weighted by Gasteiger charge is 2.25. The van der Waals surface area contributed by atoms with Gasteiger partial charge in [-0.3, -0.25) is 9.88 Å².